The van der Waals surface area contributed by atoms with Crippen molar-refractivity contribution >= 4 is 22.2 Å². The molecule has 3 rings (SSSR count). The van der Waals surface area contributed by atoms with Crippen LogP contribution in [-0.4, -0.2) is 9.78 Å². The van der Waals surface area contributed by atoms with Crippen molar-refractivity contribution in [3.63, 3.8) is 0 Å². The fourth-order valence-corrected chi connectivity index (χ4v) is 2.72. The van der Waals surface area contributed by atoms with Crippen molar-refractivity contribution in [2.75, 3.05) is 0 Å². The van der Waals surface area contributed by atoms with Crippen LogP contribution in [0.15, 0.2) is 48.0 Å². The fraction of sp³-hybridized carbons (Fsp3) is 0.154. The molecule has 1 aromatic carbocycles. The zero-order chi connectivity index (χ0) is 11.0. The number of hydrogen-bond acceptors (Lipinski definition) is 2. The van der Waals surface area contributed by atoms with E-state index in [9.17, 15) is 0 Å². The number of hydrogen-bond donors (Lipinski definition) is 0. The lowest BCUT2D eigenvalue weighted by Crippen LogP contribution is -2.06. The minimum Gasteiger partial charge on any atom is -0.257 e. The summed E-state index contributed by atoms with van der Waals surface area (Å²) in [5.41, 5.74) is 1.20. The smallest absolute Gasteiger partial charge is 0.0839 e. The van der Waals surface area contributed by atoms with Crippen molar-refractivity contribution < 1.29 is 0 Å². The van der Waals surface area contributed by atoms with Crippen molar-refractivity contribution in [3.8, 4) is 0 Å². The normalized spacial score (nSPS) is 13.1. The summed E-state index contributed by atoms with van der Waals surface area (Å²) < 4.78 is 2.08. The van der Waals surface area contributed by atoms with Gasteiger partial charge in [0.1, 0.15) is 0 Å². The van der Waals surface area contributed by atoms with E-state index in [1.54, 1.807) is 11.3 Å². The number of thiophene rings is 1. The summed E-state index contributed by atoms with van der Waals surface area (Å²) in [5.74, 6) is 0. The molecule has 3 heteroatoms. The Morgan fingerprint density at radius 1 is 1.19 bits per heavy atom. The first-order valence-electron chi connectivity index (χ1n) is 5.32. The van der Waals surface area contributed by atoms with Crippen LogP contribution in [0.1, 0.15) is 17.8 Å². The van der Waals surface area contributed by atoms with Crippen molar-refractivity contribution in [1.29, 1.82) is 0 Å². The molecular formula is C13H12N2S. The van der Waals surface area contributed by atoms with E-state index in [2.05, 4.69) is 52.4 Å². The van der Waals surface area contributed by atoms with Gasteiger partial charge in [0.25, 0.3) is 0 Å². The highest BCUT2D eigenvalue weighted by molar-refractivity contribution is 7.10. The van der Waals surface area contributed by atoms with Gasteiger partial charge in [0.05, 0.1) is 17.8 Å². The molecule has 3 aromatic rings. The molecule has 0 spiro atoms. The monoisotopic (exact) mass is 228 g/mol. The van der Waals surface area contributed by atoms with E-state index in [0.29, 0.717) is 6.04 Å². The second kappa shape index (κ2) is 3.76. The SMILES string of the molecule is CC(c1cccs1)n1ncc2ccccc21. The molecule has 0 amide bonds. The quantitative estimate of drug-likeness (QED) is 0.654. The molecular weight excluding hydrogens is 216 g/mol. The van der Waals surface area contributed by atoms with Gasteiger partial charge in [0.2, 0.25) is 0 Å². The Morgan fingerprint density at radius 3 is 2.88 bits per heavy atom. The second-order valence-electron chi connectivity index (χ2n) is 3.84. The summed E-state index contributed by atoms with van der Waals surface area (Å²) in [4.78, 5) is 1.34. The minimum absolute atomic E-state index is 0.305. The van der Waals surface area contributed by atoms with Crippen LogP contribution in [0.5, 0.6) is 0 Å². The molecule has 0 saturated heterocycles. The molecule has 0 aliphatic rings. The molecule has 0 radical (unpaired) electrons. The first-order valence-corrected chi connectivity index (χ1v) is 6.20. The third-order valence-corrected chi connectivity index (χ3v) is 3.87. The van der Waals surface area contributed by atoms with Crippen LogP contribution in [0.3, 0.4) is 0 Å². The predicted octanol–water partition coefficient (Wildman–Crippen LogP) is 3.71. The molecule has 0 fully saturated rings. The Balaban J connectivity index is 2.12. The van der Waals surface area contributed by atoms with Gasteiger partial charge in [-0.25, -0.2) is 0 Å². The molecule has 2 aromatic heterocycles. The number of aromatic nitrogens is 2. The zero-order valence-electron chi connectivity index (χ0n) is 9.00. The average Bonchev–Trinajstić information content (AvgIpc) is 2.98. The van der Waals surface area contributed by atoms with E-state index in [1.165, 1.54) is 15.8 Å². The maximum atomic E-state index is 4.47. The minimum atomic E-state index is 0.305. The molecule has 0 aliphatic heterocycles. The Bertz CT molecular complexity index is 595. The van der Waals surface area contributed by atoms with Gasteiger partial charge in [-0.2, -0.15) is 5.10 Å². The number of fused-ring (bicyclic) bond motifs is 1. The van der Waals surface area contributed by atoms with Crippen LogP contribution in [0, 0.1) is 0 Å². The summed E-state index contributed by atoms with van der Waals surface area (Å²) in [6.07, 6.45) is 1.93. The van der Waals surface area contributed by atoms with Gasteiger partial charge in [-0.1, -0.05) is 24.3 Å². The summed E-state index contributed by atoms with van der Waals surface area (Å²) in [7, 11) is 0. The van der Waals surface area contributed by atoms with Crippen LogP contribution in [-0.2, 0) is 0 Å². The van der Waals surface area contributed by atoms with E-state index in [0.717, 1.165) is 0 Å². The van der Waals surface area contributed by atoms with Gasteiger partial charge < -0.3 is 0 Å². The second-order valence-corrected chi connectivity index (χ2v) is 4.82. The van der Waals surface area contributed by atoms with E-state index >= 15 is 0 Å². The third-order valence-electron chi connectivity index (χ3n) is 2.83. The Morgan fingerprint density at radius 2 is 2.06 bits per heavy atom. The largest absolute Gasteiger partial charge is 0.257 e. The van der Waals surface area contributed by atoms with Gasteiger partial charge in [0, 0.05) is 10.3 Å². The third kappa shape index (κ3) is 1.44. The molecule has 2 heterocycles. The molecule has 0 bridgehead atoms. The Kier molecular flexibility index (Phi) is 2.26. The standard InChI is InChI=1S/C13H12N2S/c1-10(13-7-4-8-16-13)15-12-6-3-2-5-11(12)9-14-15/h2-10H,1H3. The Labute approximate surface area is 98.1 Å². The van der Waals surface area contributed by atoms with Crippen LogP contribution in [0.2, 0.25) is 0 Å². The van der Waals surface area contributed by atoms with Crippen LogP contribution in [0.4, 0.5) is 0 Å². The number of benzene rings is 1. The highest BCUT2D eigenvalue weighted by Gasteiger charge is 2.11. The summed E-state index contributed by atoms with van der Waals surface area (Å²) in [5, 5.41) is 7.78. The van der Waals surface area contributed by atoms with Crippen molar-refractivity contribution in [1.82, 2.24) is 9.78 Å². The summed E-state index contributed by atoms with van der Waals surface area (Å²) >= 11 is 1.78. The van der Waals surface area contributed by atoms with Crippen LogP contribution < -0.4 is 0 Å². The lowest BCUT2D eigenvalue weighted by molar-refractivity contribution is 0.593. The molecule has 2 nitrogen and oxygen atoms in total. The first-order chi connectivity index (χ1) is 7.86. The number of para-hydroxylation sites is 1. The van der Waals surface area contributed by atoms with Crippen molar-refractivity contribution in [3.05, 3.63) is 52.9 Å². The van der Waals surface area contributed by atoms with Gasteiger partial charge in [-0.15, -0.1) is 11.3 Å². The highest BCUT2D eigenvalue weighted by atomic mass is 32.1. The zero-order valence-corrected chi connectivity index (χ0v) is 9.82. The molecule has 1 atom stereocenters. The van der Waals surface area contributed by atoms with Gasteiger partial charge >= 0.3 is 0 Å². The molecule has 0 saturated carbocycles. The van der Waals surface area contributed by atoms with E-state index in [-0.39, 0.29) is 0 Å². The Hall–Kier alpha value is -1.61. The maximum absolute atomic E-state index is 4.47. The van der Waals surface area contributed by atoms with Crippen LogP contribution in [0.25, 0.3) is 10.9 Å². The predicted molar refractivity (Wildman–Crippen MR) is 67.9 cm³/mol. The van der Waals surface area contributed by atoms with Crippen molar-refractivity contribution in [2.45, 2.75) is 13.0 Å². The summed E-state index contributed by atoms with van der Waals surface area (Å²) in [6.45, 7) is 2.19. The molecule has 16 heavy (non-hydrogen) atoms. The van der Waals surface area contributed by atoms with Gasteiger partial charge in [0.15, 0.2) is 0 Å². The molecule has 80 valence electrons. The lowest BCUT2D eigenvalue weighted by Gasteiger charge is -2.11. The topological polar surface area (TPSA) is 17.8 Å². The van der Waals surface area contributed by atoms with Crippen molar-refractivity contribution in [2.24, 2.45) is 0 Å². The number of rotatable bonds is 2. The molecule has 0 aliphatic carbocycles. The van der Waals surface area contributed by atoms with E-state index in [1.807, 2.05) is 12.3 Å². The molecule has 0 N–H and O–H groups in total. The number of nitrogens with zero attached hydrogens (tertiary/aromatic N) is 2. The fourth-order valence-electron chi connectivity index (χ4n) is 1.95. The maximum Gasteiger partial charge on any atom is 0.0839 e. The summed E-state index contributed by atoms with van der Waals surface area (Å²) in [6, 6.07) is 12.9. The van der Waals surface area contributed by atoms with E-state index in [4.69, 9.17) is 0 Å². The highest BCUT2D eigenvalue weighted by Crippen LogP contribution is 2.25. The van der Waals surface area contributed by atoms with Crippen LogP contribution >= 0.6 is 11.3 Å². The first kappa shape index (κ1) is 9.60. The van der Waals surface area contributed by atoms with Gasteiger partial charge in [-0.05, 0) is 24.4 Å². The lowest BCUT2D eigenvalue weighted by atomic mass is 10.2. The van der Waals surface area contributed by atoms with E-state index < -0.39 is 0 Å². The molecule has 1 unspecified atom stereocenters. The average molecular weight is 228 g/mol. The van der Waals surface area contributed by atoms with Gasteiger partial charge in [-0.3, -0.25) is 4.68 Å².